The van der Waals surface area contributed by atoms with Gasteiger partial charge in [-0.25, -0.2) is 0 Å². The molecule has 0 spiro atoms. The number of anilines is 1. The largest absolute Gasteiger partial charge is 0.381 e. The summed E-state index contributed by atoms with van der Waals surface area (Å²) in [5, 5.41) is 7.66. The molecule has 3 rings (SSSR count). The number of hydrogen-bond acceptors (Lipinski definition) is 2. The zero-order valence-corrected chi connectivity index (χ0v) is 11.0. The molecule has 0 aromatic heterocycles. The first-order valence-corrected chi connectivity index (χ1v) is 6.46. The minimum absolute atomic E-state index is 0.212. The van der Waals surface area contributed by atoms with E-state index in [2.05, 4.69) is 41.0 Å². The van der Waals surface area contributed by atoms with Gasteiger partial charge in [-0.05, 0) is 41.9 Å². The molecular weight excluding hydrogens is 244 g/mol. The van der Waals surface area contributed by atoms with Gasteiger partial charge in [0.05, 0.1) is 6.04 Å². The number of nitrogens with one attached hydrogen (secondary N) is 2. The van der Waals surface area contributed by atoms with E-state index < -0.39 is 0 Å². The molecule has 18 heavy (non-hydrogen) atoms. The molecule has 2 nitrogen and oxygen atoms in total. The molecule has 1 unspecified atom stereocenters. The van der Waals surface area contributed by atoms with Gasteiger partial charge in [0.1, 0.15) is 0 Å². The van der Waals surface area contributed by atoms with Crippen LogP contribution in [0, 0.1) is 0 Å². The quantitative estimate of drug-likeness (QED) is 0.817. The summed E-state index contributed by atoms with van der Waals surface area (Å²) >= 11 is 6.08. The van der Waals surface area contributed by atoms with E-state index >= 15 is 0 Å². The molecule has 0 aliphatic carbocycles. The Morgan fingerprint density at radius 3 is 2.83 bits per heavy atom. The van der Waals surface area contributed by atoms with Gasteiger partial charge in [-0.15, -0.1) is 0 Å². The molecule has 0 saturated carbocycles. The van der Waals surface area contributed by atoms with Gasteiger partial charge in [0, 0.05) is 17.3 Å². The van der Waals surface area contributed by atoms with Gasteiger partial charge in [-0.3, -0.25) is 0 Å². The Morgan fingerprint density at radius 2 is 2.00 bits per heavy atom. The summed E-state index contributed by atoms with van der Waals surface area (Å²) in [6.45, 7) is 0.811. The average molecular weight is 259 g/mol. The maximum Gasteiger partial charge on any atom is 0.0598 e. The highest BCUT2D eigenvalue weighted by Gasteiger charge is 2.21. The van der Waals surface area contributed by atoms with Gasteiger partial charge in [0.15, 0.2) is 0 Å². The summed E-state index contributed by atoms with van der Waals surface area (Å²) in [6, 6.07) is 14.7. The van der Waals surface area contributed by atoms with Crippen LogP contribution in [0.1, 0.15) is 22.7 Å². The molecule has 0 fully saturated rings. The van der Waals surface area contributed by atoms with Crippen LogP contribution >= 0.6 is 11.6 Å². The van der Waals surface area contributed by atoms with Crippen LogP contribution in [0.15, 0.2) is 42.5 Å². The molecule has 0 bridgehead atoms. The summed E-state index contributed by atoms with van der Waals surface area (Å²) in [4.78, 5) is 0. The minimum atomic E-state index is 0.212. The van der Waals surface area contributed by atoms with E-state index in [1.165, 1.54) is 22.4 Å². The second-order valence-electron chi connectivity index (χ2n) is 4.51. The summed E-state index contributed by atoms with van der Waals surface area (Å²) in [6.07, 6.45) is 0. The van der Waals surface area contributed by atoms with Crippen molar-refractivity contribution in [2.45, 2.75) is 12.6 Å². The van der Waals surface area contributed by atoms with Crippen LogP contribution in [0.2, 0.25) is 5.02 Å². The SMILES string of the molecule is CNC1c2ccc(Cl)cc2CNc2ccccc21. The summed E-state index contributed by atoms with van der Waals surface area (Å²) in [7, 11) is 1.99. The smallest absolute Gasteiger partial charge is 0.0598 e. The Balaban J connectivity index is 2.18. The fourth-order valence-corrected chi connectivity index (χ4v) is 2.78. The lowest BCUT2D eigenvalue weighted by Gasteiger charge is -2.19. The second kappa shape index (κ2) is 4.63. The van der Waals surface area contributed by atoms with Crippen LogP contribution in [0.3, 0.4) is 0 Å². The summed E-state index contributed by atoms with van der Waals surface area (Å²) in [5.74, 6) is 0. The van der Waals surface area contributed by atoms with Gasteiger partial charge in [-0.1, -0.05) is 35.9 Å². The van der Waals surface area contributed by atoms with Crippen molar-refractivity contribution in [3.05, 3.63) is 64.2 Å². The predicted octanol–water partition coefficient (Wildman–Crippen LogP) is 3.57. The molecule has 2 aromatic carbocycles. The van der Waals surface area contributed by atoms with E-state index in [1.807, 2.05) is 19.2 Å². The van der Waals surface area contributed by atoms with E-state index in [4.69, 9.17) is 11.6 Å². The molecule has 1 aliphatic heterocycles. The van der Waals surface area contributed by atoms with Gasteiger partial charge >= 0.3 is 0 Å². The average Bonchev–Trinajstić information content (AvgIpc) is 2.55. The first-order valence-electron chi connectivity index (χ1n) is 6.08. The van der Waals surface area contributed by atoms with Crippen LogP contribution in [0.5, 0.6) is 0 Å². The standard InChI is InChI=1S/C15H15ClN2/c1-17-15-12-7-6-11(16)8-10(12)9-18-14-5-3-2-4-13(14)15/h2-8,15,17-18H,9H2,1H3. The van der Waals surface area contributed by atoms with Crippen LogP contribution in [0.4, 0.5) is 5.69 Å². The van der Waals surface area contributed by atoms with Crippen molar-refractivity contribution in [2.24, 2.45) is 0 Å². The lowest BCUT2D eigenvalue weighted by molar-refractivity contribution is 0.692. The Kier molecular flexibility index (Phi) is 2.98. The van der Waals surface area contributed by atoms with Crippen molar-refractivity contribution in [1.82, 2.24) is 5.32 Å². The van der Waals surface area contributed by atoms with Crippen LogP contribution in [-0.4, -0.2) is 7.05 Å². The van der Waals surface area contributed by atoms with Crippen molar-refractivity contribution >= 4 is 17.3 Å². The third kappa shape index (κ3) is 1.88. The monoisotopic (exact) mass is 258 g/mol. The Labute approximate surface area is 112 Å². The Bertz CT molecular complexity index is 580. The van der Waals surface area contributed by atoms with Crippen molar-refractivity contribution in [3.8, 4) is 0 Å². The topological polar surface area (TPSA) is 24.1 Å². The molecule has 1 heterocycles. The Morgan fingerprint density at radius 1 is 1.17 bits per heavy atom. The molecule has 0 radical (unpaired) electrons. The highest BCUT2D eigenvalue weighted by molar-refractivity contribution is 6.30. The number of fused-ring (bicyclic) bond motifs is 2. The van der Waals surface area contributed by atoms with Crippen molar-refractivity contribution in [3.63, 3.8) is 0 Å². The lowest BCUT2D eigenvalue weighted by Crippen LogP contribution is -2.18. The molecule has 0 saturated heterocycles. The highest BCUT2D eigenvalue weighted by atomic mass is 35.5. The zero-order valence-electron chi connectivity index (χ0n) is 10.2. The maximum atomic E-state index is 6.08. The van der Waals surface area contributed by atoms with Crippen LogP contribution < -0.4 is 10.6 Å². The van der Waals surface area contributed by atoms with Gasteiger partial charge in [0.25, 0.3) is 0 Å². The van der Waals surface area contributed by atoms with Crippen molar-refractivity contribution in [1.29, 1.82) is 0 Å². The van der Waals surface area contributed by atoms with E-state index in [1.54, 1.807) is 0 Å². The van der Waals surface area contributed by atoms with E-state index in [0.29, 0.717) is 0 Å². The molecule has 1 atom stereocenters. The van der Waals surface area contributed by atoms with Crippen LogP contribution in [-0.2, 0) is 6.54 Å². The molecule has 2 aromatic rings. The van der Waals surface area contributed by atoms with Crippen molar-refractivity contribution < 1.29 is 0 Å². The van der Waals surface area contributed by atoms with Gasteiger partial charge in [0.2, 0.25) is 0 Å². The minimum Gasteiger partial charge on any atom is -0.381 e. The fourth-order valence-electron chi connectivity index (χ4n) is 2.59. The fraction of sp³-hybridized carbons (Fsp3) is 0.200. The molecule has 2 N–H and O–H groups in total. The lowest BCUT2D eigenvalue weighted by atomic mass is 9.95. The number of para-hydroxylation sites is 1. The molecule has 3 heteroatoms. The molecule has 1 aliphatic rings. The molecular formula is C15H15ClN2. The summed E-state index contributed by atoms with van der Waals surface area (Å²) in [5.41, 5.74) is 5.00. The highest BCUT2D eigenvalue weighted by Crippen LogP contribution is 2.34. The molecule has 0 amide bonds. The van der Waals surface area contributed by atoms with E-state index in [9.17, 15) is 0 Å². The van der Waals surface area contributed by atoms with E-state index in [0.717, 1.165) is 11.6 Å². The zero-order chi connectivity index (χ0) is 12.5. The first kappa shape index (κ1) is 11.6. The predicted molar refractivity (Wildman–Crippen MR) is 76.1 cm³/mol. The number of benzene rings is 2. The maximum absolute atomic E-state index is 6.08. The number of halogens is 1. The molecule has 92 valence electrons. The van der Waals surface area contributed by atoms with Gasteiger partial charge < -0.3 is 10.6 Å². The Hall–Kier alpha value is -1.51. The van der Waals surface area contributed by atoms with Gasteiger partial charge in [-0.2, -0.15) is 0 Å². The third-order valence-corrected chi connectivity index (χ3v) is 3.68. The number of hydrogen-bond donors (Lipinski definition) is 2. The second-order valence-corrected chi connectivity index (χ2v) is 4.94. The van der Waals surface area contributed by atoms with Crippen LogP contribution in [0.25, 0.3) is 0 Å². The van der Waals surface area contributed by atoms with Crippen molar-refractivity contribution in [2.75, 3.05) is 12.4 Å². The first-order chi connectivity index (χ1) is 8.79. The third-order valence-electron chi connectivity index (χ3n) is 3.45. The summed E-state index contributed by atoms with van der Waals surface area (Å²) < 4.78 is 0. The van der Waals surface area contributed by atoms with E-state index in [-0.39, 0.29) is 6.04 Å². The normalized spacial score (nSPS) is 17.3. The number of rotatable bonds is 1.